The number of hydrogen-bond acceptors (Lipinski definition) is 2. The molecule has 0 heterocycles. The van der Waals surface area contributed by atoms with Crippen LogP contribution in [0.3, 0.4) is 0 Å². The molecule has 3 nitrogen and oxygen atoms in total. The van der Waals surface area contributed by atoms with Crippen molar-refractivity contribution in [1.82, 2.24) is 5.32 Å². The lowest BCUT2D eigenvalue weighted by Gasteiger charge is -2.17. The van der Waals surface area contributed by atoms with Crippen molar-refractivity contribution in [1.29, 1.82) is 0 Å². The Bertz CT molecular complexity index is 373. The average Bonchev–Trinajstić information content (AvgIpc) is 2.16. The minimum Gasteiger partial charge on any atom is -0.348 e. The maximum Gasteiger partial charge on any atom is 0.237 e. The normalized spacial score (nSPS) is 14.3. The molecule has 2 atom stereocenters. The molecule has 0 bridgehead atoms. The molecule has 16 heavy (non-hydrogen) atoms. The van der Waals surface area contributed by atoms with Crippen LogP contribution in [0.4, 0.5) is 8.78 Å². The van der Waals surface area contributed by atoms with Gasteiger partial charge in [0.2, 0.25) is 5.91 Å². The van der Waals surface area contributed by atoms with Gasteiger partial charge in [0, 0.05) is 5.56 Å². The Labute approximate surface area is 92.6 Å². The number of amides is 1. The lowest BCUT2D eigenvalue weighted by molar-refractivity contribution is -0.122. The SMILES string of the molecule is CC(NC(=O)[C@@H](C)N)c1c(F)cccc1F. The fraction of sp³-hybridized carbons (Fsp3) is 0.364. The second kappa shape index (κ2) is 5.03. The van der Waals surface area contributed by atoms with E-state index >= 15 is 0 Å². The van der Waals surface area contributed by atoms with Crippen LogP contribution in [0.1, 0.15) is 25.5 Å². The Morgan fingerprint density at radius 2 is 1.81 bits per heavy atom. The summed E-state index contributed by atoms with van der Waals surface area (Å²) in [6.45, 7) is 3.00. The number of halogens is 2. The zero-order valence-electron chi connectivity index (χ0n) is 9.13. The van der Waals surface area contributed by atoms with Gasteiger partial charge in [-0.3, -0.25) is 4.79 Å². The van der Waals surface area contributed by atoms with Crippen molar-refractivity contribution in [2.45, 2.75) is 25.9 Å². The van der Waals surface area contributed by atoms with Crippen LogP contribution in [0.15, 0.2) is 18.2 Å². The molecule has 0 spiro atoms. The first-order chi connectivity index (χ1) is 7.43. The van der Waals surface area contributed by atoms with Gasteiger partial charge >= 0.3 is 0 Å². The third-order valence-electron chi connectivity index (χ3n) is 2.21. The Kier molecular flexibility index (Phi) is 3.95. The first-order valence-electron chi connectivity index (χ1n) is 4.93. The summed E-state index contributed by atoms with van der Waals surface area (Å²) in [6, 6.07) is 2.10. The highest BCUT2D eigenvalue weighted by atomic mass is 19.1. The van der Waals surface area contributed by atoms with E-state index in [2.05, 4.69) is 5.32 Å². The summed E-state index contributed by atoms with van der Waals surface area (Å²) in [6.07, 6.45) is 0. The first kappa shape index (κ1) is 12.6. The van der Waals surface area contributed by atoms with Gasteiger partial charge in [0.15, 0.2) is 0 Å². The van der Waals surface area contributed by atoms with Crippen molar-refractivity contribution >= 4 is 5.91 Å². The predicted molar refractivity (Wildman–Crippen MR) is 56.6 cm³/mol. The number of benzene rings is 1. The van der Waals surface area contributed by atoms with E-state index in [1.807, 2.05) is 0 Å². The zero-order chi connectivity index (χ0) is 12.3. The van der Waals surface area contributed by atoms with E-state index in [1.54, 1.807) is 0 Å². The van der Waals surface area contributed by atoms with E-state index in [9.17, 15) is 13.6 Å². The summed E-state index contributed by atoms with van der Waals surface area (Å²) >= 11 is 0. The first-order valence-corrected chi connectivity index (χ1v) is 4.93. The van der Waals surface area contributed by atoms with Crippen LogP contribution < -0.4 is 11.1 Å². The maximum absolute atomic E-state index is 13.3. The minimum absolute atomic E-state index is 0.156. The third kappa shape index (κ3) is 2.76. The molecule has 0 fully saturated rings. The summed E-state index contributed by atoms with van der Waals surface area (Å²) in [7, 11) is 0. The van der Waals surface area contributed by atoms with E-state index in [4.69, 9.17) is 5.73 Å². The van der Waals surface area contributed by atoms with Crippen molar-refractivity contribution in [3.05, 3.63) is 35.4 Å². The molecule has 0 aliphatic carbocycles. The van der Waals surface area contributed by atoms with Gasteiger partial charge in [0.1, 0.15) is 11.6 Å². The Balaban J connectivity index is 2.88. The van der Waals surface area contributed by atoms with Gasteiger partial charge in [-0.15, -0.1) is 0 Å². The molecule has 5 heteroatoms. The van der Waals surface area contributed by atoms with Gasteiger partial charge < -0.3 is 11.1 Å². The van der Waals surface area contributed by atoms with Crippen LogP contribution in [0.2, 0.25) is 0 Å². The largest absolute Gasteiger partial charge is 0.348 e. The summed E-state index contributed by atoms with van der Waals surface area (Å²) in [5, 5.41) is 2.43. The number of nitrogens with two attached hydrogens (primary N) is 1. The van der Waals surface area contributed by atoms with Gasteiger partial charge in [-0.25, -0.2) is 8.78 Å². The van der Waals surface area contributed by atoms with Crippen molar-refractivity contribution < 1.29 is 13.6 Å². The Morgan fingerprint density at radius 1 is 1.31 bits per heavy atom. The highest BCUT2D eigenvalue weighted by molar-refractivity contribution is 5.81. The summed E-state index contributed by atoms with van der Waals surface area (Å²) in [5.41, 5.74) is 5.18. The fourth-order valence-corrected chi connectivity index (χ4v) is 1.34. The summed E-state index contributed by atoms with van der Waals surface area (Å²) < 4.78 is 26.7. The number of carbonyl (C=O) groups is 1. The van der Waals surface area contributed by atoms with Gasteiger partial charge in [-0.2, -0.15) is 0 Å². The van der Waals surface area contributed by atoms with E-state index in [-0.39, 0.29) is 5.56 Å². The second-order valence-electron chi connectivity index (χ2n) is 3.65. The molecule has 3 N–H and O–H groups in total. The number of carbonyl (C=O) groups excluding carboxylic acids is 1. The molecule has 88 valence electrons. The van der Waals surface area contributed by atoms with Crippen LogP contribution in [0.5, 0.6) is 0 Å². The monoisotopic (exact) mass is 228 g/mol. The van der Waals surface area contributed by atoms with Crippen molar-refractivity contribution in [3.8, 4) is 0 Å². The van der Waals surface area contributed by atoms with Crippen LogP contribution in [-0.4, -0.2) is 11.9 Å². The quantitative estimate of drug-likeness (QED) is 0.823. The zero-order valence-corrected chi connectivity index (χ0v) is 9.13. The van der Waals surface area contributed by atoms with Crippen molar-refractivity contribution in [3.63, 3.8) is 0 Å². The van der Waals surface area contributed by atoms with Gasteiger partial charge in [0.25, 0.3) is 0 Å². The minimum atomic E-state index is -0.750. The van der Waals surface area contributed by atoms with Gasteiger partial charge in [-0.05, 0) is 26.0 Å². The van der Waals surface area contributed by atoms with Crippen LogP contribution in [-0.2, 0) is 4.79 Å². The Morgan fingerprint density at radius 3 is 2.25 bits per heavy atom. The highest BCUT2D eigenvalue weighted by Gasteiger charge is 2.18. The lowest BCUT2D eigenvalue weighted by atomic mass is 10.1. The van der Waals surface area contributed by atoms with Gasteiger partial charge in [0.05, 0.1) is 12.1 Å². The molecule has 0 aliphatic heterocycles. The number of hydrogen-bond donors (Lipinski definition) is 2. The van der Waals surface area contributed by atoms with Crippen molar-refractivity contribution in [2.24, 2.45) is 5.73 Å². The lowest BCUT2D eigenvalue weighted by Crippen LogP contribution is -2.39. The standard InChI is InChI=1S/C11H14F2N2O/c1-6(14)11(16)15-7(2)10-8(12)4-3-5-9(10)13/h3-7H,14H2,1-2H3,(H,15,16)/t6-,7?/m1/s1. The van der Waals surface area contributed by atoms with Crippen LogP contribution in [0, 0.1) is 11.6 Å². The van der Waals surface area contributed by atoms with E-state index < -0.39 is 29.6 Å². The predicted octanol–water partition coefficient (Wildman–Crippen LogP) is 1.49. The molecule has 1 amide bonds. The maximum atomic E-state index is 13.3. The molecule has 1 rings (SSSR count). The molecule has 0 aliphatic rings. The van der Waals surface area contributed by atoms with Crippen LogP contribution in [0.25, 0.3) is 0 Å². The fourth-order valence-electron chi connectivity index (χ4n) is 1.34. The van der Waals surface area contributed by atoms with Gasteiger partial charge in [-0.1, -0.05) is 6.07 Å². The topological polar surface area (TPSA) is 55.1 Å². The molecule has 0 saturated heterocycles. The number of rotatable bonds is 3. The molecule has 1 aromatic carbocycles. The summed E-state index contributed by atoms with van der Waals surface area (Å²) in [4.78, 5) is 11.3. The van der Waals surface area contributed by atoms with E-state index in [1.165, 1.54) is 19.9 Å². The van der Waals surface area contributed by atoms with Crippen LogP contribution >= 0.6 is 0 Å². The molecule has 0 aromatic heterocycles. The molecule has 1 aromatic rings. The number of nitrogens with one attached hydrogen (secondary N) is 1. The Hall–Kier alpha value is -1.49. The molecule has 0 radical (unpaired) electrons. The molecular formula is C11H14F2N2O. The second-order valence-corrected chi connectivity index (χ2v) is 3.65. The van der Waals surface area contributed by atoms with E-state index in [0.717, 1.165) is 12.1 Å². The van der Waals surface area contributed by atoms with Crippen molar-refractivity contribution in [2.75, 3.05) is 0 Å². The smallest absolute Gasteiger partial charge is 0.237 e. The molecule has 0 saturated carbocycles. The highest BCUT2D eigenvalue weighted by Crippen LogP contribution is 2.20. The third-order valence-corrected chi connectivity index (χ3v) is 2.21. The summed E-state index contributed by atoms with van der Waals surface area (Å²) in [5.74, 6) is -1.81. The average molecular weight is 228 g/mol. The molecule has 1 unspecified atom stereocenters. The van der Waals surface area contributed by atoms with E-state index in [0.29, 0.717) is 0 Å². The molecular weight excluding hydrogens is 214 g/mol.